The molecule has 0 aromatic heterocycles. The van der Waals surface area contributed by atoms with Crippen LogP contribution in [-0.4, -0.2) is 71.6 Å². The highest BCUT2D eigenvalue weighted by molar-refractivity contribution is 6.16. The van der Waals surface area contributed by atoms with Crippen molar-refractivity contribution < 1.29 is 33.8 Å². The molecular weight excluding hydrogens is 608 g/mol. The minimum Gasteiger partial charge on any atom is -0.502 e. The van der Waals surface area contributed by atoms with E-state index in [-0.39, 0.29) is 52.6 Å². The summed E-state index contributed by atoms with van der Waals surface area (Å²) in [6.07, 6.45) is 4.22. The fourth-order valence-electron chi connectivity index (χ4n) is 9.60. The Morgan fingerprint density at radius 3 is 2.17 bits per heavy atom. The van der Waals surface area contributed by atoms with Crippen molar-refractivity contribution in [3.63, 3.8) is 0 Å². The van der Waals surface area contributed by atoms with Crippen molar-refractivity contribution in [1.82, 2.24) is 9.80 Å². The van der Waals surface area contributed by atoms with Crippen LogP contribution in [0.1, 0.15) is 63.5 Å². The smallest absolute Gasteiger partial charge is 0.233 e. The highest BCUT2D eigenvalue weighted by Crippen LogP contribution is 2.63. The van der Waals surface area contributed by atoms with Crippen molar-refractivity contribution >= 4 is 23.4 Å². The number of methoxy groups -OCH3 is 2. The molecule has 2 amide bonds. The van der Waals surface area contributed by atoms with Gasteiger partial charge in [-0.15, -0.1) is 0 Å². The first-order valence-corrected chi connectivity index (χ1v) is 17.1. The molecule has 3 aliphatic carbocycles. The number of piperidine rings is 1. The van der Waals surface area contributed by atoms with Gasteiger partial charge in [0.05, 0.1) is 31.5 Å². The molecular formula is C39H44N2O7. The van der Waals surface area contributed by atoms with Gasteiger partial charge in [0.25, 0.3) is 0 Å². The first-order valence-electron chi connectivity index (χ1n) is 17.1. The SMILES string of the molecule is COc1cc([C@H]2C3=CC[C@@H]4C(=O)N(C5CCN(Cc6ccccc6)CC5)C(=O)[C@@H]4[C@@H]3C[C@H]3C(=O)C(C)=C(C)C(=O)[C@@]23C)cc(OC)c1O. The summed E-state index contributed by atoms with van der Waals surface area (Å²) in [7, 11) is 2.90. The summed E-state index contributed by atoms with van der Waals surface area (Å²) in [4.78, 5) is 60.9. The fourth-order valence-corrected chi connectivity index (χ4v) is 9.60. The van der Waals surface area contributed by atoms with Gasteiger partial charge in [-0.25, -0.2) is 0 Å². The molecule has 2 saturated heterocycles. The molecule has 0 bridgehead atoms. The highest BCUT2D eigenvalue weighted by Gasteiger charge is 2.64. The molecule has 1 N–H and O–H groups in total. The number of hydrogen-bond acceptors (Lipinski definition) is 8. The van der Waals surface area contributed by atoms with E-state index >= 15 is 0 Å². The summed E-state index contributed by atoms with van der Waals surface area (Å²) in [5.74, 6) is -2.97. The molecule has 0 radical (unpaired) electrons. The van der Waals surface area contributed by atoms with Gasteiger partial charge >= 0.3 is 0 Å². The molecule has 2 aromatic rings. The van der Waals surface area contributed by atoms with Crippen LogP contribution in [0.4, 0.5) is 0 Å². The molecule has 0 spiro atoms. The van der Waals surface area contributed by atoms with E-state index < -0.39 is 29.1 Å². The molecule has 7 rings (SSSR count). The fraction of sp³-hybridized carbons (Fsp3) is 0.487. The molecule has 252 valence electrons. The van der Waals surface area contributed by atoms with Crippen LogP contribution in [0.15, 0.2) is 65.3 Å². The molecule has 5 aliphatic rings. The molecule has 1 saturated carbocycles. The number of hydrogen-bond donors (Lipinski definition) is 1. The maximum atomic E-state index is 14.5. The summed E-state index contributed by atoms with van der Waals surface area (Å²) in [6, 6.07) is 13.6. The topological polar surface area (TPSA) is 113 Å². The minimum absolute atomic E-state index is 0.0853. The number of nitrogens with zero attached hydrogens (tertiary/aromatic N) is 2. The third-order valence-corrected chi connectivity index (χ3v) is 12.2. The zero-order valence-corrected chi connectivity index (χ0v) is 28.3. The molecule has 2 heterocycles. The van der Waals surface area contributed by atoms with Gasteiger partial charge < -0.3 is 14.6 Å². The second-order valence-electron chi connectivity index (χ2n) is 14.4. The van der Waals surface area contributed by atoms with Crippen molar-refractivity contribution in [2.45, 2.75) is 65.0 Å². The van der Waals surface area contributed by atoms with Crippen molar-refractivity contribution in [2.24, 2.45) is 29.1 Å². The monoisotopic (exact) mass is 652 g/mol. The van der Waals surface area contributed by atoms with Crippen molar-refractivity contribution in [3.05, 3.63) is 76.4 Å². The van der Waals surface area contributed by atoms with Gasteiger partial charge in [0, 0.05) is 37.5 Å². The van der Waals surface area contributed by atoms with Gasteiger partial charge in [-0.1, -0.05) is 48.9 Å². The number of fused-ring (bicyclic) bond motifs is 4. The second kappa shape index (κ2) is 12.0. The lowest BCUT2D eigenvalue weighted by Gasteiger charge is -2.54. The number of allylic oxidation sites excluding steroid dienone is 4. The molecule has 2 aliphatic heterocycles. The summed E-state index contributed by atoms with van der Waals surface area (Å²) >= 11 is 0. The number of imide groups is 1. The van der Waals surface area contributed by atoms with Crippen LogP contribution in [-0.2, 0) is 25.7 Å². The number of Topliss-reactive ketones (excluding diaryl/α,β-unsaturated/α-hetero) is 2. The van der Waals surface area contributed by atoms with Crippen molar-refractivity contribution in [1.29, 1.82) is 0 Å². The molecule has 48 heavy (non-hydrogen) atoms. The summed E-state index contributed by atoms with van der Waals surface area (Å²) in [6.45, 7) is 7.73. The maximum Gasteiger partial charge on any atom is 0.233 e. The predicted molar refractivity (Wildman–Crippen MR) is 178 cm³/mol. The van der Waals surface area contributed by atoms with E-state index in [1.54, 1.807) is 30.9 Å². The third kappa shape index (κ3) is 4.76. The lowest BCUT2D eigenvalue weighted by atomic mass is 9.46. The molecule has 9 nitrogen and oxygen atoms in total. The molecule has 2 aromatic carbocycles. The van der Waals surface area contributed by atoms with Crippen LogP contribution in [0.25, 0.3) is 0 Å². The Morgan fingerprint density at radius 2 is 1.54 bits per heavy atom. The number of carbonyl (C=O) groups is 4. The van der Waals surface area contributed by atoms with Gasteiger partial charge in [0.2, 0.25) is 17.6 Å². The second-order valence-corrected chi connectivity index (χ2v) is 14.4. The summed E-state index contributed by atoms with van der Waals surface area (Å²) < 4.78 is 11.0. The molecule has 0 unspecified atom stereocenters. The predicted octanol–water partition coefficient (Wildman–Crippen LogP) is 5.22. The number of ether oxygens (including phenoxy) is 2. The number of aromatic hydroxyl groups is 1. The Labute approximate surface area is 281 Å². The van der Waals surface area contributed by atoms with Gasteiger partial charge in [-0.05, 0) is 79.9 Å². The number of amides is 2. The van der Waals surface area contributed by atoms with Gasteiger partial charge in [0.1, 0.15) is 0 Å². The van der Waals surface area contributed by atoms with E-state index in [0.717, 1.165) is 38.0 Å². The molecule has 6 atom stereocenters. The number of carbonyl (C=O) groups excluding carboxylic acids is 4. The minimum atomic E-state index is -1.14. The first kappa shape index (κ1) is 32.3. The Kier molecular flexibility index (Phi) is 8.09. The van der Waals surface area contributed by atoms with Crippen molar-refractivity contribution in [2.75, 3.05) is 27.3 Å². The van der Waals surface area contributed by atoms with Gasteiger partial charge in [0.15, 0.2) is 23.1 Å². The van der Waals surface area contributed by atoms with E-state index in [1.165, 1.54) is 19.8 Å². The average molecular weight is 653 g/mol. The zero-order chi connectivity index (χ0) is 34.1. The number of likely N-dealkylation sites (tertiary alicyclic amines) is 2. The quantitative estimate of drug-likeness (QED) is 0.334. The standard InChI is InChI=1S/C39H44N2O7/c1-21-22(2)36(44)39(3)29(34(21)42)19-28-26(33(39)24-17-30(47-4)35(43)31(18-24)48-5)11-12-27-32(28)38(46)41(37(27)45)25-13-15-40(16-14-25)20-23-9-7-6-8-10-23/h6-11,17-18,25,27-29,32-33,43H,12-16,19-20H2,1-5H3/t27-,28+,29-,32-,33-,39+/m0/s1. The summed E-state index contributed by atoms with van der Waals surface area (Å²) in [5.41, 5.74) is 2.58. The van der Waals surface area contributed by atoms with E-state index in [0.29, 0.717) is 29.6 Å². The Morgan fingerprint density at radius 1 is 0.896 bits per heavy atom. The van der Waals surface area contributed by atoms with Crippen LogP contribution in [0.5, 0.6) is 17.2 Å². The van der Waals surface area contributed by atoms with Crippen LogP contribution in [0.2, 0.25) is 0 Å². The number of ketones is 2. The first-order chi connectivity index (χ1) is 23.0. The molecule has 9 heteroatoms. The van der Waals surface area contributed by atoms with Gasteiger partial charge in [-0.2, -0.15) is 0 Å². The third-order valence-electron chi connectivity index (χ3n) is 12.2. The van der Waals surface area contributed by atoms with E-state index in [1.807, 2.05) is 25.1 Å². The Hall–Kier alpha value is -4.24. The highest BCUT2D eigenvalue weighted by atomic mass is 16.5. The Balaban J connectivity index is 1.24. The number of rotatable bonds is 6. The van der Waals surface area contributed by atoms with E-state index in [9.17, 15) is 24.3 Å². The zero-order valence-electron chi connectivity index (χ0n) is 28.3. The lowest BCUT2D eigenvalue weighted by Crippen LogP contribution is -2.55. The number of benzene rings is 2. The average Bonchev–Trinajstić information content (AvgIpc) is 3.36. The van der Waals surface area contributed by atoms with Crippen LogP contribution in [0, 0.1) is 29.1 Å². The maximum absolute atomic E-state index is 14.5. The lowest BCUT2D eigenvalue weighted by molar-refractivity contribution is -0.145. The summed E-state index contributed by atoms with van der Waals surface area (Å²) in [5, 5.41) is 10.8. The van der Waals surface area contributed by atoms with Gasteiger partial charge in [-0.3, -0.25) is 29.0 Å². The number of phenolic OH excluding ortho intramolecular Hbond substituents is 1. The van der Waals surface area contributed by atoms with Crippen molar-refractivity contribution in [3.8, 4) is 17.2 Å². The number of phenols is 1. The van der Waals surface area contributed by atoms with Crippen LogP contribution >= 0.6 is 0 Å². The van der Waals surface area contributed by atoms with E-state index in [4.69, 9.17) is 9.47 Å². The largest absolute Gasteiger partial charge is 0.502 e. The molecule has 3 fully saturated rings. The van der Waals surface area contributed by atoms with Crippen LogP contribution < -0.4 is 9.47 Å². The Bertz CT molecular complexity index is 1730. The van der Waals surface area contributed by atoms with Crippen LogP contribution in [0.3, 0.4) is 0 Å². The normalized spacial score (nSPS) is 31.0. The van der Waals surface area contributed by atoms with E-state index in [2.05, 4.69) is 23.1 Å².